The van der Waals surface area contributed by atoms with Crippen LogP contribution in [0.3, 0.4) is 0 Å². The zero-order valence-electron chi connectivity index (χ0n) is 10.4. The molecule has 0 saturated carbocycles. The van der Waals surface area contributed by atoms with Crippen molar-refractivity contribution in [2.24, 2.45) is 5.92 Å². The van der Waals surface area contributed by atoms with Crippen LogP contribution in [0, 0.1) is 16.0 Å². The summed E-state index contributed by atoms with van der Waals surface area (Å²) in [5.41, 5.74) is 0. The van der Waals surface area contributed by atoms with Crippen molar-refractivity contribution >= 4 is 11.7 Å². The van der Waals surface area contributed by atoms with Crippen LogP contribution in [-0.4, -0.2) is 50.3 Å². The summed E-state index contributed by atoms with van der Waals surface area (Å²) in [6.45, 7) is 1.28. The molecule has 1 aromatic rings. The third kappa shape index (κ3) is 3.28. The zero-order chi connectivity index (χ0) is 13.8. The molecule has 8 nitrogen and oxygen atoms in total. The van der Waals surface area contributed by atoms with Crippen LogP contribution >= 0.6 is 0 Å². The first-order valence-electron chi connectivity index (χ1n) is 6.16. The minimum Gasteiger partial charge on any atom is -0.396 e. The normalized spacial score (nSPS) is 19.4. The molecule has 19 heavy (non-hydrogen) atoms. The van der Waals surface area contributed by atoms with Gasteiger partial charge in [-0.15, -0.1) is 0 Å². The third-order valence-electron chi connectivity index (χ3n) is 3.24. The first-order chi connectivity index (χ1) is 9.10. The highest BCUT2D eigenvalue weighted by molar-refractivity contribution is 5.76. The number of aliphatic hydroxyl groups is 1. The second-order valence-corrected chi connectivity index (χ2v) is 4.66. The molecule has 0 aromatic carbocycles. The maximum absolute atomic E-state index is 12.0. The molecule has 8 heteroatoms. The Kier molecular flexibility index (Phi) is 4.10. The second-order valence-electron chi connectivity index (χ2n) is 4.66. The van der Waals surface area contributed by atoms with Crippen LogP contribution in [0.5, 0.6) is 0 Å². The number of hydrogen-bond acceptors (Lipinski definition) is 5. The molecule has 2 rings (SSSR count). The van der Waals surface area contributed by atoms with Crippen molar-refractivity contribution in [3.8, 4) is 0 Å². The summed E-state index contributed by atoms with van der Waals surface area (Å²) >= 11 is 0. The number of aromatic nitrogens is 2. The number of amides is 1. The Morgan fingerprint density at radius 2 is 2.42 bits per heavy atom. The van der Waals surface area contributed by atoms with Gasteiger partial charge in [-0.3, -0.25) is 4.79 Å². The standard InChI is InChI=1S/C11H16N4O4/c16-8-9-2-1-4-13(6-9)11(17)7-14-5-3-10(12-14)15(18)19/h3,5,9,16H,1-2,4,6-8H2. The number of carbonyl (C=O) groups is 1. The van der Waals surface area contributed by atoms with Gasteiger partial charge in [0.05, 0.1) is 17.4 Å². The van der Waals surface area contributed by atoms with E-state index in [0.717, 1.165) is 12.8 Å². The Bertz CT molecular complexity index is 473. The molecular weight excluding hydrogens is 252 g/mol. The molecule has 1 aromatic heterocycles. The van der Waals surface area contributed by atoms with E-state index in [1.54, 1.807) is 4.90 Å². The van der Waals surface area contributed by atoms with Gasteiger partial charge in [0.2, 0.25) is 5.91 Å². The van der Waals surface area contributed by atoms with Crippen molar-refractivity contribution in [2.45, 2.75) is 19.4 Å². The average Bonchev–Trinajstić information content (AvgIpc) is 2.87. The predicted molar refractivity (Wildman–Crippen MR) is 65.3 cm³/mol. The fourth-order valence-electron chi connectivity index (χ4n) is 2.22. The first kappa shape index (κ1) is 13.5. The maximum atomic E-state index is 12.0. The molecule has 104 valence electrons. The minimum absolute atomic E-state index is 0.00795. The topological polar surface area (TPSA) is 102 Å². The van der Waals surface area contributed by atoms with E-state index in [0.29, 0.717) is 13.1 Å². The van der Waals surface area contributed by atoms with E-state index in [1.165, 1.54) is 16.9 Å². The van der Waals surface area contributed by atoms with Crippen molar-refractivity contribution < 1.29 is 14.8 Å². The number of nitrogens with zero attached hydrogens (tertiary/aromatic N) is 4. The number of piperidine rings is 1. The van der Waals surface area contributed by atoms with Gasteiger partial charge in [0.25, 0.3) is 0 Å². The predicted octanol–water partition coefficient (Wildman–Crippen LogP) is 0.0222. The SMILES string of the molecule is O=C(Cn1ccc([N+](=O)[O-])n1)N1CCCC(CO)C1. The molecular formula is C11H16N4O4. The molecule has 1 fully saturated rings. The molecule has 0 bridgehead atoms. The number of carbonyl (C=O) groups excluding carboxylic acids is 1. The number of likely N-dealkylation sites (tertiary alicyclic amines) is 1. The fraction of sp³-hybridized carbons (Fsp3) is 0.636. The van der Waals surface area contributed by atoms with Crippen LogP contribution in [0.2, 0.25) is 0 Å². The number of hydrogen-bond donors (Lipinski definition) is 1. The Labute approximate surface area is 109 Å². The van der Waals surface area contributed by atoms with Crippen LogP contribution in [0.25, 0.3) is 0 Å². The van der Waals surface area contributed by atoms with Crippen molar-refractivity contribution in [1.82, 2.24) is 14.7 Å². The lowest BCUT2D eigenvalue weighted by Gasteiger charge is -2.31. The van der Waals surface area contributed by atoms with Crippen molar-refractivity contribution in [2.75, 3.05) is 19.7 Å². The van der Waals surface area contributed by atoms with E-state index in [4.69, 9.17) is 5.11 Å². The van der Waals surface area contributed by atoms with Gasteiger partial charge in [0, 0.05) is 19.7 Å². The van der Waals surface area contributed by atoms with Gasteiger partial charge in [0.1, 0.15) is 6.54 Å². The van der Waals surface area contributed by atoms with Crippen LogP contribution in [-0.2, 0) is 11.3 Å². The molecule has 1 amide bonds. The summed E-state index contributed by atoms with van der Waals surface area (Å²) in [6, 6.07) is 1.26. The van der Waals surface area contributed by atoms with E-state index in [9.17, 15) is 14.9 Å². The Hall–Kier alpha value is -1.96. The highest BCUT2D eigenvalue weighted by atomic mass is 16.6. The minimum atomic E-state index is -0.594. The van der Waals surface area contributed by atoms with Gasteiger partial charge in [-0.2, -0.15) is 4.68 Å². The van der Waals surface area contributed by atoms with Gasteiger partial charge in [-0.25, -0.2) is 0 Å². The average molecular weight is 268 g/mol. The Balaban J connectivity index is 1.94. The summed E-state index contributed by atoms with van der Waals surface area (Å²) in [5.74, 6) is -0.263. The van der Waals surface area contributed by atoms with E-state index < -0.39 is 4.92 Å². The highest BCUT2D eigenvalue weighted by Gasteiger charge is 2.24. The van der Waals surface area contributed by atoms with E-state index in [2.05, 4.69) is 5.10 Å². The van der Waals surface area contributed by atoms with Crippen LogP contribution in [0.4, 0.5) is 5.82 Å². The van der Waals surface area contributed by atoms with Crippen molar-refractivity contribution in [3.63, 3.8) is 0 Å². The van der Waals surface area contributed by atoms with E-state index in [1.807, 2.05) is 0 Å². The molecule has 1 atom stereocenters. The molecule has 0 radical (unpaired) electrons. The maximum Gasteiger partial charge on any atom is 0.389 e. The smallest absolute Gasteiger partial charge is 0.389 e. The van der Waals surface area contributed by atoms with Gasteiger partial charge in [-0.1, -0.05) is 0 Å². The lowest BCUT2D eigenvalue weighted by molar-refractivity contribution is -0.389. The Morgan fingerprint density at radius 3 is 3.05 bits per heavy atom. The molecule has 1 aliphatic heterocycles. The number of aliphatic hydroxyl groups excluding tert-OH is 1. The Morgan fingerprint density at radius 1 is 1.63 bits per heavy atom. The molecule has 0 spiro atoms. The lowest BCUT2D eigenvalue weighted by Crippen LogP contribution is -2.42. The molecule has 1 N–H and O–H groups in total. The largest absolute Gasteiger partial charge is 0.396 e. The molecule has 1 saturated heterocycles. The van der Waals surface area contributed by atoms with E-state index in [-0.39, 0.29) is 30.8 Å². The molecule has 1 unspecified atom stereocenters. The van der Waals surface area contributed by atoms with Crippen molar-refractivity contribution in [1.29, 1.82) is 0 Å². The van der Waals surface area contributed by atoms with Gasteiger partial charge in [0.15, 0.2) is 0 Å². The second kappa shape index (κ2) is 5.79. The summed E-state index contributed by atoms with van der Waals surface area (Å²) in [6.07, 6.45) is 3.22. The first-order valence-corrected chi connectivity index (χ1v) is 6.16. The van der Waals surface area contributed by atoms with Crippen molar-refractivity contribution in [3.05, 3.63) is 22.4 Å². The fourth-order valence-corrected chi connectivity index (χ4v) is 2.22. The van der Waals surface area contributed by atoms with Crippen LogP contribution in [0.15, 0.2) is 12.3 Å². The summed E-state index contributed by atoms with van der Waals surface area (Å²) in [7, 11) is 0. The van der Waals surface area contributed by atoms with E-state index >= 15 is 0 Å². The summed E-state index contributed by atoms with van der Waals surface area (Å²) in [4.78, 5) is 23.6. The van der Waals surface area contributed by atoms with Gasteiger partial charge < -0.3 is 20.1 Å². The zero-order valence-corrected chi connectivity index (χ0v) is 10.4. The molecule has 2 heterocycles. The van der Waals surface area contributed by atoms with Crippen LogP contribution < -0.4 is 0 Å². The monoisotopic (exact) mass is 268 g/mol. The number of nitro groups is 1. The summed E-state index contributed by atoms with van der Waals surface area (Å²) < 4.78 is 1.27. The quantitative estimate of drug-likeness (QED) is 0.612. The third-order valence-corrected chi connectivity index (χ3v) is 3.24. The lowest BCUT2D eigenvalue weighted by atomic mass is 9.99. The van der Waals surface area contributed by atoms with Gasteiger partial charge in [-0.05, 0) is 23.7 Å². The molecule has 1 aliphatic rings. The van der Waals surface area contributed by atoms with Gasteiger partial charge >= 0.3 is 5.82 Å². The summed E-state index contributed by atoms with van der Waals surface area (Å²) in [5, 5.41) is 23.3. The number of rotatable bonds is 4. The highest BCUT2D eigenvalue weighted by Crippen LogP contribution is 2.16. The molecule has 0 aliphatic carbocycles. The van der Waals surface area contributed by atoms with Crippen LogP contribution in [0.1, 0.15) is 12.8 Å².